The summed E-state index contributed by atoms with van der Waals surface area (Å²) in [5.41, 5.74) is 9.40. The van der Waals surface area contributed by atoms with Gasteiger partial charge >= 0.3 is 0 Å². The number of anilines is 3. The van der Waals surface area contributed by atoms with Crippen LogP contribution in [0.4, 0.5) is 17.2 Å². The lowest BCUT2D eigenvalue weighted by molar-refractivity contribution is 0.797. The van der Waals surface area contributed by atoms with Gasteiger partial charge in [0.2, 0.25) is 0 Å². The summed E-state index contributed by atoms with van der Waals surface area (Å²) in [7, 11) is 2.13. The average Bonchev–Trinajstić information content (AvgIpc) is 2.48. The van der Waals surface area contributed by atoms with Crippen LogP contribution >= 0.6 is 0 Å². The van der Waals surface area contributed by atoms with Gasteiger partial charge in [0.05, 0.1) is 11.4 Å². The number of rotatable bonds is 2. The molecule has 0 saturated carbocycles. The first-order valence-electron chi connectivity index (χ1n) is 6.96. The van der Waals surface area contributed by atoms with E-state index in [1.165, 1.54) is 11.4 Å². The van der Waals surface area contributed by atoms with E-state index in [1.54, 1.807) is 0 Å². The van der Waals surface area contributed by atoms with Gasteiger partial charge in [-0.15, -0.1) is 0 Å². The van der Waals surface area contributed by atoms with Crippen molar-refractivity contribution in [3.05, 3.63) is 48.2 Å². The number of benzene rings is 1. The maximum absolute atomic E-state index is 5.88. The molecular formula is C16H20N4. The number of nitrogens with two attached hydrogens (primary N) is 1. The zero-order valence-electron chi connectivity index (χ0n) is 12.0. The molecule has 4 nitrogen and oxygen atoms in total. The lowest BCUT2D eigenvalue weighted by Crippen LogP contribution is -2.36. The molecule has 104 valence electrons. The summed E-state index contributed by atoms with van der Waals surface area (Å²) in [5, 5.41) is 0. The van der Waals surface area contributed by atoms with Gasteiger partial charge in [-0.2, -0.15) is 0 Å². The normalized spacial score (nSPS) is 15.9. The second-order valence-corrected chi connectivity index (χ2v) is 5.30. The number of nitrogens with zero attached hydrogens (tertiary/aromatic N) is 3. The van der Waals surface area contributed by atoms with E-state index in [0.29, 0.717) is 0 Å². The predicted molar refractivity (Wildman–Crippen MR) is 83.6 cm³/mol. The highest BCUT2D eigenvalue weighted by molar-refractivity contribution is 5.78. The number of pyridine rings is 1. The largest absolute Gasteiger partial charge is 0.371 e. The molecule has 0 saturated heterocycles. The van der Waals surface area contributed by atoms with Crippen LogP contribution in [0.2, 0.25) is 0 Å². The number of fused-ring (bicyclic) bond motifs is 1. The second-order valence-electron chi connectivity index (χ2n) is 5.30. The molecule has 1 aromatic heterocycles. The Hall–Kier alpha value is -2.07. The van der Waals surface area contributed by atoms with Crippen molar-refractivity contribution in [1.29, 1.82) is 0 Å². The van der Waals surface area contributed by atoms with Crippen molar-refractivity contribution in [2.45, 2.75) is 13.0 Å². The van der Waals surface area contributed by atoms with Crippen molar-refractivity contribution < 1.29 is 0 Å². The molecule has 0 aliphatic carbocycles. The highest BCUT2D eigenvalue weighted by Gasteiger charge is 2.21. The summed E-state index contributed by atoms with van der Waals surface area (Å²) >= 11 is 0. The van der Waals surface area contributed by atoms with Crippen LogP contribution in [0.25, 0.3) is 0 Å². The van der Waals surface area contributed by atoms with Crippen molar-refractivity contribution in [3.8, 4) is 0 Å². The Morgan fingerprint density at radius 1 is 1.10 bits per heavy atom. The standard InChI is InChI=1S/C16H20N4/c1-12(17)13-7-8-16(18-11-13)20-10-9-19(2)14-5-3-4-6-15(14)20/h3-8,11-12H,9-10,17H2,1-2H3. The Labute approximate surface area is 119 Å². The summed E-state index contributed by atoms with van der Waals surface area (Å²) in [6.45, 7) is 3.91. The Bertz CT molecular complexity index is 592. The average molecular weight is 268 g/mol. The van der Waals surface area contributed by atoms with E-state index in [0.717, 1.165) is 24.5 Å². The van der Waals surface area contributed by atoms with E-state index in [1.807, 2.05) is 13.1 Å². The molecule has 20 heavy (non-hydrogen) atoms. The maximum atomic E-state index is 5.88. The van der Waals surface area contributed by atoms with Crippen molar-refractivity contribution in [2.24, 2.45) is 5.73 Å². The highest BCUT2D eigenvalue weighted by Crippen LogP contribution is 2.35. The fourth-order valence-corrected chi connectivity index (χ4v) is 2.57. The number of hydrogen-bond donors (Lipinski definition) is 1. The third-order valence-corrected chi connectivity index (χ3v) is 3.82. The topological polar surface area (TPSA) is 45.4 Å². The molecule has 2 N–H and O–H groups in total. The third-order valence-electron chi connectivity index (χ3n) is 3.82. The number of hydrogen-bond acceptors (Lipinski definition) is 4. The Morgan fingerprint density at radius 3 is 2.50 bits per heavy atom. The summed E-state index contributed by atoms with van der Waals surface area (Å²) in [6, 6.07) is 12.6. The molecule has 1 aromatic carbocycles. The molecule has 1 unspecified atom stereocenters. The molecular weight excluding hydrogens is 248 g/mol. The van der Waals surface area contributed by atoms with E-state index in [-0.39, 0.29) is 6.04 Å². The minimum Gasteiger partial charge on any atom is -0.371 e. The fraction of sp³-hybridized carbons (Fsp3) is 0.312. The number of aromatic nitrogens is 1. The lowest BCUT2D eigenvalue weighted by atomic mass is 10.1. The van der Waals surface area contributed by atoms with Gasteiger partial charge in [0.1, 0.15) is 5.82 Å². The van der Waals surface area contributed by atoms with Gasteiger partial charge in [-0.1, -0.05) is 18.2 Å². The summed E-state index contributed by atoms with van der Waals surface area (Å²) in [4.78, 5) is 9.12. The molecule has 1 aliphatic rings. The summed E-state index contributed by atoms with van der Waals surface area (Å²) in [6.07, 6.45) is 1.88. The van der Waals surface area contributed by atoms with Crippen molar-refractivity contribution in [3.63, 3.8) is 0 Å². The highest BCUT2D eigenvalue weighted by atomic mass is 15.3. The van der Waals surface area contributed by atoms with Crippen LogP contribution in [0, 0.1) is 0 Å². The van der Waals surface area contributed by atoms with Crippen LogP contribution in [0.15, 0.2) is 42.6 Å². The molecule has 4 heteroatoms. The van der Waals surface area contributed by atoms with Crippen molar-refractivity contribution >= 4 is 17.2 Å². The smallest absolute Gasteiger partial charge is 0.133 e. The van der Waals surface area contributed by atoms with Crippen molar-refractivity contribution in [2.75, 3.05) is 29.9 Å². The van der Waals surface area contributed by atoms with Crippen molar-refractivity contribution in [1.82, 2.24) is 4.98 Å². The molecule has 3 rings (SSSR count). The molecule has 2 heterocycles. The fourth-order valence-electron chi connectivity index (χ4n) is 2.57. The van der Waals surface area contributed by atoms with Crippen LogP contribution in [0.3, 0.4) is 0 Å². The van der Waals surface area contributed by atoms with Crippen LogP contribution in [0.1, 0.15) is 18.5 Å². The van der Waals surface area contributed by atoms with Gasteiger partial charge in [0.25, 0.3) is 0 Å². The Balaban J connectivity index is 1.97. The van der Waals surface area contributed by atoms with Gasteiger partial charge in [0, 0.05) is 32.4 Å². The first-order valence-corrected chi connectivity index (χ1v) is 6.96. The lowest BCUT2D eigenvalue weighted by Gasteiger charge is -2.36. The van der Waals surface area contributed by atoms with E-state index < -0.39 is 0 Å². The van der Waals surface area contributed by atoms with Crippen LogP contribution in [-0.4, -0.2) is 25.1 Å². The van der Waals surface area contributed by atoms with Gasteiger partial charge in [-0.3, -0.25) is 0 Å². The Morgan fingerprint density at radius 2 is 1.85 bits per heavy atom. The van der Waals surface area contributed by atoms with Crippen LogP contribution in [0.5, 0.6) is 0 Å². The molecule has 0 radical (unpaired) electrons. The van der Waals surface area contributed by atoms with E-state index in [2.05, 4.69) is 58.2 Å². The molecule has 0 amide bonds. The molecule has 2 aromatic rings. The minimum absolute atomic E-state index is 0.0244. The number of likely N-dealkylation sites (N-methyl/N-ethyl adjacent to an activating group) is 1. The second kappa shape index (κ2) is 5.13. The minimum atomic E-state index is 0.0244. The van der Waals surface area contributed by atoms with Crippen LogP contribution in [-0.2, 0) is 0 Å². The Kier molecular flexibility index (Phi) is 3.32. The quantitative estimate of drug-likeness (QED) is 0.909. The van der Waals surface area contributed by atoms with Gasteiger partial charge in [-0.25, -0.2) is 4.98 Å². The first kappa shape index (κ1) is 12.9. The molecule has 1 atom stereocenters. The van der Waals surface area contributed by atoms with Crippen LogP contribution < -0.4 is 15.5 Å². The maximum Gasteiger partial charge on any atom is 0.133 e. The van der Waals surface area contributed by atoms with Gasteiger partial charge in [-0.05, 0) is 30.7 Å². The monoisotopic (exact) mass is 268 g/mol. The van der Waals surface area contributed by atoms with E-state index in [9.17, 15) is 0 Å². The molecule has 0 bridgehead atoms. The molecule has 1 aliphatic heterocycles. The zero-order valence-corrected chi connectivity index (χ0v) is 12.0. The SMILES string of the molecule is CC(N)c1ccc(N2CCN(C)c3ccccc32)nc1. The number of para-hydroxylation sites is 2. The molecule has 0 spiro atoms. The van der Waals surface area contributed by atoms with E-state index >= 15 is 0 Å². The van der Waals surface area contributed by atoms with Gasteiger partial charge in [0.15, 0.2) is 0 Å². The summed E-state index contributed by atoms with van der Waals surface area (Å²) in [5.74, 6) is 0.981. The predicted octanol–water partition coefficient (Wildman–Crippen LogP) is 2.69. The first-order chi connectivity index (χ1) is 9.66. The zero-order chi connectivity index (χ0) is 14.1. The molecule has 0 fully saturated rings. The third kappa shape index (κ3) is 2.23. The van der Waals surface area contributed by atoms with Gasteiger partial charge < -0.3 is 15.5 Å². The van der Waals surface area contributed by atoms with E-state index in [4.69, 9.17) is 5.73 Å². The summed E-state index contributed by atoms with van der Waals surface area (Å²) < 4.78 is 0.